The number of ether oxygens (including phenoxy) is 1. The van der Waals surface area contributed by atoms with Crippen molar-refractivity contribution in [1.82, 2.24) is 0 Å². The van der Waals surface area contributed by atoms with Crippen molar-refractivity contribution < 1.29 is 4.74 Å². The van der Waals surface area contributed by atoms with Crippen molar-refractivity contribution in [2.75, 3.05) is 11.9 Å². The summed E-state index contributed by atoms with van der Waals surface area (Å²) in [6.45, 7) is 0.877. The lowest BCUT2D eigenvalue weighted by Gasteiger charge is -2.39. The maximum Gasteiger partial charge on any atom is 0.0702 e. The van der Waals surface area contributed by atoms with Crippen molar-refractivity contribution in [2.45, 2.75) is 50.2 Å². The average molecular weight is 266 g/mol. The van der Waals surface area contributed by atoms with E-state index in [2.05, 4.69) is 11.4 Å². The van der Waals surface area contributed by atoms with Gasteiger partial charge in [-0.2, -0.15) is 0 Å². The van der Waals surface area contributed by atoms with Crippen LogP contribution in [0.25, 0.3) is 0 Å². The molecular weight excluding hydrogens is 246 g/mol. The minimum atomic E-state index is 0.164. The molecule has 3 heteroatoms. The van der Waals surface area contributed by atoms with E-state index in [4.69, 9.17) is 16.3 Å². The van der Waals surface area contributed by atoms with Crippen molar-refractivity contribution in [3.05, 3.63) is 29.3 Å². The number of anilines is 1. The summed E-state index contributed by atoms with van der Waals surface area (Å²) < 4.78 is 6.05. The first-order valence-corrected chi connectivity index (χ1v) is 7.30. The Morgan fingerprint density at radius 3 is 2.78 bits per heavy atom. The average Bonchev–Trinajstić information content (AvgIpc) is 2.80. The van der Waals surface area contributed by atoms with Gasteiger partial charge in [0, 0.05) is 12.6 Å². The van der Waals surface area contributed by atoms with Gasteiger partial charge in [0.1, 0.15) is 0 Å². The van der Waals surface area contributed by atoms with E-state index >= 15 is 0 Å². The number of halogens is 1. The molecule has 1 aliphatic carbocycles. The smallest absolute Gasteiger partial charge is 0.0702 e. The maximum atomic E-state index is 6.20. The highest BCUT2D eigenvalue weighted by Gasteiger charge is 2.39. The quantitative estimate of drug-likeness (QED) is 0.863. The molecule has 0 aromatic heterocycles. The second-order valence-electron chi connectivity index (χ2n) is 5.55. The third-order valence-electron chi connectivity index (χ3n) is 4.24. The minimum Gasteiger partial charge on any atom is -0.381 e. The van der Waals surface area contributed by atoms with E-state index < -0.39 is 0 Å². The van der Waals surface area contributed by atoms with Crippen LogP contribution in [0.3, 0.4) is 0 Å². The number of hydrogen-bond acceptors (Lipinski definition) is 2. The zero-order chi connectivity index (χ0) is 12.4. The first kappa shape index (κ1) is 12.3. The summed E-state index contributed by atoms with van der Waals surface area (Å²) in [5, 5.41) is 4.40. The van der Waals surface area contributed by atoms with Gasteiger partial charge in [0.15, 0.2) is 0 Å². The van der Waals surface area contributed by atoms with Gasteiger partial charge in [-0.1, -0.05) is 36.6 Å². The van der Waals surface area contributed by atoms with Crippen LogP contribution in [0.4, 0.5) is 5.69 Å². The highest BCUT2D eigenvalue weighted by atomic mass is 35.5. The van der Waals surface area contributed by atoms with Gasteiger partial charge in [-0.15, -0.1) is 0 Å². The molecule has 1 heterocycles. The van der Waals surface area contributed by atoms with Gasteiger partial charge in [0.05, 0.1) is 16.3 Å². The van der Waals surface area contributed by atoms with Gasteiger partial charge >= 0.3 is 0 Å². The van der Waals surface area contributed by atoms with Gasteiger partial charge in [0.25, 0.3) is 0 Å². The number of para-hydroxylation sites is 1. The molecule has 2 nitrogen and oxygen atoms in total. The third-order valence-corrected chi connectivity index (χ3v) is 4.57. The van der Waals surface area contributed by atoms with Crippen LogP contribution in [0.5, 0.6) is 0 Å². The van der Waals surface area contributed by atoms with E-state index in [0.717, 1.165) is 30.2 Å². The maximum absolute atomic E-state index is 6.20. The van der Waals surface area contributed by atoms with Crippen molar-refractivity contribution in [3.63, 3.8) is 0 Å². The lowest BCUT2D eigenvalue weighted by atomic mass is 9.89. The monoisotopic (exact) mass is 265 g/mol. The van der Waals surface area contributed by atoms with Gasteiger partial charge in [-0.3, -0.25) is 0 Å². The summed E-state index contributed by atoms with van der Waals surface area (Å²) >= 11 is 6.20. The van der Waals surface area contributed by atoms with Gasteiger partial charge in [-0.25, -0.2) is 0 Å². The fourth-order valence-corrected chi connectivity index (χ4v) is 3.51. The summed E-state index contributed by atoms with van der Waals surface area (Å²) in [5.74, 6) is 0. The lowest BCUT2D eigenvalue weighted by molar-refractivity contribution is -0.0767. The fraction of sp³-hybridized carbons (Fsp3) is 0.600. The van der Waals surface area contributed by atoms with Crippen molar-refractivity contribution >= 4 is 17.3 Å². The molecule has 0 radical (unpaired) electrons. The minimum absolute atomic E-state index is 0.164. The number of hydrogen-bond donors (Lipinski definition) is 1. The van der Waals surface area contributed by atoms with Crippen LogP contribution in [0.1, 0.15) is 38.5 Å². The summed E-state index contributed by atoms with van der Waals surface area (Å²) in [7, 11) is 0. The molecule has 1 atom stereocenters. The molecule has 98 valence electrons. The summed E-state index contributed by atoms with van der Waals surface area (Å²) in [4.78, 5) is 0. The molecule has 1 aliphatic heterocycles. The summed E-state index contributed by atoms with van der Waals surface area (Å²) in [5.41, 5.74) is 1.22. The van der Waals surface area contributed by atoms with Crippen LogP contribution in [0.15, 0.2) is 24.3 Å². The molecular formula is C15H20ClNO. The number of benzene rings is 1. The largest absolute Gasteiger partial charge is 0.381 e. The van der Waals surface area contributed by atoms with E-state index in [1.54, 1.807) is 0 Å². The third kappa shape index (κ3) is 2.50. The van der Waals surface area contributed by atoms with E-state index in [1.165, 1.54) is 25.7 Å². The molecule has 1 saturated carbocycles. The highest BCUT2D eigenvalue weighted by molar-refractivity contribution is 6.33. The zero-order valence-electron chi connectivity index (χ0n) is 10.6. The molecule has 1 N–H and O–H groups in total. The van der Waals surface area contributed by atoms with Gasteiger partial charge in [0.2, 0.25) is 0 Å². The second kappa shape index (κ2) is 5.10. The summed E-state index contributed by atoms with van der Waals surface area (Å²) in [6, 6.07) is 8.49. The van der Waals surface area contributed by atoms with Crippen LogP contribution in [0.2, 0.25) is 5.02 Å². The molecule has 1 saturated heterocycles. The van der Waals surface area contributed by atoms with Gasteiger partial charge < -0.3 is 10.1 Å². The van der Waals surface area contributed by atoms with Crippen molar-refractivity contribution in [2.24, 2.45) is 0 Å². The molecule has 1 aromatic rings. The number of nitrogens with one attached hydrogen (secondary N) is 1. The van der Waals surface area contributed by atoms with E-state index in [1.807, 2.05) is 18.2 Å². The Morgan fingerprint density at radius 1 is 1.22 bits per heavy atom. The Labute approximate surface area is 114 Å². The van der Waals surface area contributed by atoms with E-state index in [0.29, 0.717) is 6.04 Å². The molecule has 1 spiro atoms. The molecule has 18 heavy (non-hydrogen) atoms. The second-order valence-corrected chi connectivity index (χ2v) is 5.96. The Kier molecular flexibility index (Phi) is 3.49. The van der Waals surface area contributed by atoms with Crippen LogP contribution >= 0.6 is 11.6 Å². The van der Waals surface area contributed by atoms with Crippen LogP contribution in [-0.2, 0) is 4.74 Å². The Hall–Kier alpha value is -0.730. The normalized spacial score (nSPS) is 26.4. The van der Waals surface area contributed by atoms with Crippen LogP contribution in [-0.4, -0.2) is 18.2 Å². The van der Waals surface area contributed by atoms with E-state index in [9.17, 15) is 0 Å². The first-order valence-electron chi connectivity index (χ1n) is 6.92. The summed E-state index contributed by atoms with van der Waals surface area (Å²) in [6.07, 6.45) is 7.30. The van der Waals surface area contributed by atoms with Crippen LogP contribution in [0, 0.1) is 0 Å². The lowest BCUT2D eigenvalue weighted by Crippen LogP contribution is -2.42. The molecule has 1 aromatic carbocycles. The Balaban J connectivity index is 1.68. The SMILES string of the molecule is Clc1ccccc1NC1CCOC2(CCCC2)C1. The van der Waals surface area contributed by atoms with E-state index in [-0.39, 0.29) is 5.60 Å². The van der Waals surface area contributed by atoms with Crippen molar-refractivity contribution in [1.29, 1.82) is 0 Å². The molecule has 0 amide bonds. The standard InChI is InChI=1S/C15H20ClNO/c16-13-5-1-2-6-14(13)17-12-7-10-18-15(11-12)8-3-4-9-15/h1-2,5-6,12,17H,3-4,7-11H2. The zero-order valence-corrected chi connectivity index (χ0v) is 11.4. The molecule has 3 rings (SSSR count). The van der Waals surface area contributed by atoms with Crippen molar-refractivity contribution in [3.8, 4) is 0 Å². The Bertz CT molecular complexity index is 415. The van der Waals surface area contributed by atoms with Gasteiger partial charge in [-0.05, 0) is 37.8 Å². The molecule has 0 bridgehead atoms. The molecule has 2 aliphatic rings. The molecule has 1 unspecified atom stereocenters. The Morgan fingerprint density at radius 2 is 2.00 bits per heavy atom. The molecule has 2 fully saturated rings. The number of rotatable bonds is 2. The predicted molar refractivity (Wildman–Crippen MR) is 75.2 cm³/mol. The first-order chi connectivity index (χ1) is 8.77. The predicted octanol–water partition coefficient (Wildman–Crippen LogP) is 4.24. The fourth-order valence-electron chi connectivity index (χ4n) is 3.32. The topological polar surface area (TPSA) is 21.3 Å². The van der Waals surface area contributed by atoms with Crippen LogP contribution < -0.4 is 5.32 Å². The highest BCUT2D eigenvalue weighted by Crippen LogP contribution is 2.40.